The lowest BCUT2D eigenvalue weighted by Gasteiger charge is -2.19. The Morgan fingerprint density at radius 2 is 2.12 bits per heavy atom. The smallest absolute Gasteiger partial charge is 0.412 e. The lowest BCUT2D eigenvalue weighted by atomic mass is 10.2. The monoisotopic (exact) mass is 257 g/mol. The molecule has 94 valence electrons. The Kier molecular flexibility index (Phi) is 4.11. The summed E-state index contributed by atoms with van der Waals surface area (Å²) in [6, 6.07) is 1.66. The number of carbonyl (C=O) groups is 2. The van der Waals surface area contributed by atoms with Crippen LogP contribution in [-0.4, -0.2) is 22.8 Å². The van der Waals surface area contributed by atoms with Crippen molar-refractivity contribution in [2.75, 3.05) is 5.32 Å². The zero-order chi connectivity index (χ0) is 13.1. The third kappa shape index (κ3) is 4.86. The second-order valence-corrected chi connectivity index (χ2v) is 5.46. The van der Waals surface area contributed by atoms with Gasteiger partial charge in [-0.3, -0.25) is 10.1 Å². The largest absolute Gasteiger partial charge is 0.481 e. The topological polar surface area (TPSA) is 75.6 Å². The van der Waals surface area contributed by atoms with Crippen LogP contribution in [0.4, 0.5) is 10.5 Å². The predicted molar refractivity (Wildman–Crippen MR) is 65.5 cm³/mol. The highest BCUT2D eigenvalue weighted by Crippen LogP contribution is 2.23. The van der Waals surface area contributed by atoms with E-state index in [1.165, 1.54) is 11.3 Å². The van der Waals surface area contributed by atoms with Gasteiger partial charge in [0.25, 0.3) is 0 Å². The molecule has 1 aromatic heterocycles. The Bertz CT molecular complexity index is 419. The molecule has 0 unspecified atom stereocenters. The van der Waals surface area contributed by atoms with Crippen molar-refractivity contribution >= 4 is 29.1 Å². The normalized spacial score (nSPS) is 11.0. The standard InChI is InChI=1S/C11H15NO4S/c1-11(2,3)16-10(15)12-7-4-5-17-8(7)6-9(13)14/h4-5H,6H2,1-3H3,(H,12,15)(H,13,14). The fourth-order valence-electron chi connectivity index (χ4n) is 1.14. The average Bonchev–Trinajstić information content (AvgIpc) is 2.47. The van der Waals surface area contributed by atoms with E-state index in [-0.39, 0.29) is 6.42 Å². The number of aliphatic carboxylic acids is 1. The molecule has 17 heavy (non-hydrogen) atoms. The number of carbonyl (C=O) groups excluding carboxylic acids is 1. The van der Waals surface area contributed by atoms with Gasteiger partial charge in [0.15, 0.2) is 0 Å². The summed E-state index contributed by atoms with van der Waals surface area (Å²) in [5, 5.41) is 13.0. The van der Waals surface area contributed by atoms with Crippen molar-refractivity contribution in [2.24, 2.45) is 0 Å². The van der Waals surface area contributed by atoms with Crippen LogP contribution in [0.3, 0.4) is 0 Å². The molecule has 0 aromatic carbocycles. The Hall–Kier alpha value is -1.56. The number of thiophene rings is 1. The van der Waals surface area contributed by atoms with E-state index in [4.69, 9.17) is 9.84 Å². The number of carboxylic acid groups (broad SMARTS) is 1. The van der Waals surface area contributed by atoms with Gasteiger partial charge in [0.1, 0.15) is 5.60 Å². The molecule has 0 aliphatic rings. The summed E-state index contributed by atoms with van der Waals surface area (Å²) in [5.74, 6) is -0.931. The number of amides is 1. The molecule has 0 spiro atoms. The number of carboxylic acids is 1. The fraction of sp³-hybridized carbons (Fsp3) is 0.455. The minimum absolute atomic E-state index is 0.108. The first kappa shape index (κ1) is 13.5. The van der Waals surface area contributed by atoms with E-state index in [9.17, 15) is 9.59 Å². The van der Waals surface area contributed by atoms with Crippen LogP contribution in [0.1, 0.15) is 25.6 Å². The molecule has 1 rings (SSSR count). The molecule has 5 nitrogen and oxygen atoms in total. The molecule has 1 aromatic rings. The molecule has 2 N–H and O–H groups in total. The van der Waals surface area contributed by atoms with Gasteiger partial charge >= 0.3 is 12.1 Å². The third-order valence-electron chi connectivity index (χ3n) is 1.69. The highest BCUT2D eigenvalue weighted by atomic mass is 32.1. The summed E-state index contributed by atoms with van der Waals surface area (Å²) in [6.45, 7) is 5.29. The van der Waals surface area contributed by atoms with E-state index in [2.05, 4.69) is 5.32 Å². The fourth-order valence-corrected chi connectivity index (χ4v) is 1.96. The molecular weight excluding hydrogens is 242 g/mol. The number of nitrogens with one attached hydrogen (secondary N) is 1. The first-order valence-corrected chi connectivity index (χ1v) is 5.94. The van der Waals surface area contributed by atoms with Crippen LogP contribution in [0.2, 0.25) is 0 Å². The van der Waals surface area contributed by atoms with Gasteiger partial charge in [-0.25, -0.2) is 4.79 Å². The van der Waals surface area contributed by atoms with Gasteiger partial charge in [-0.1, -0.05) is 0 Å². The molecule has 0 radical (unpaired) electrons. The van der Waals surface area contributed by atoms with Crippen molar-refractivity contribution < 1.29 is 19.4 Å². The SMILES string of the molecule is CC(C)(C)OC(=O)Nc1ccsc1CC(=O)O. The Morgan fingerprint density at radius 3 is 2.65 bits per heavy atom. The van der Waals surface area contributed by atoms with Gasteiger partial charge in [0.2, 0.25) is 0 Å². The number of anilines is 1. The highest BCUT2D eigenvalue weighted by Gasteiger charge is 2.18. The maximum Gasteiger partial charge on any atom is 0.412 e. The maximum absolute atomic E-state index is 11.5. The van der Waals surface area contributed by atoms with E-state index < -0.39 is 17.7 Å². The molecule has 6 heteroatoms. The number of hydrogen-bond acceptors (Lipinski definition) is 4. The van der Waals surface area contributed by atoms with Crippen LogP contribution >= 0.6 is 11.3 Å². The van der Waals surface area contributed by atoms with Gasteiger partial charge < -0.3 is 9.84 Å². The Morgan fingerprint density at radius 1 is 1.47 bits per heavy atom. The summed E-state index contributed by atoms with van der Waals surface area (Å²) >= 11 is 1.29. The van der Waals surface area contributed by atoms with Crippen LogP contribution in [0.15, 0.2) is 11.4 Å². The number of ether oxygens (including phenoxy) is 1. The van der Waals surface area contributed by atoms with Crippen LogP contribution in [0.5, 0.6) is 0 Å². The van der Waals surface area contributed by atoms with Gasteiger partial charge in [0, 0.05) is 4.88 Å². The summed E-state index contributed by atoms with van der Waals surface area (Å²) in [7, 11) is 0. The van der Waals surface area contributed by atoms with Crippen LogP contribution in [-0.2, 0) is 16.0 Å². The van der Waals surface area contributed by atoms with Crippen LogP contribution in [0, 0.1) is 0 Å². The quantitative estimate of drug-likeness (QED) is 0.873. The minimum Gasteiger partial charge on any atom is -0.481 e. The number of hydrogen-bond donors (Lipinski definition) is 2. The summed E-state index contributed by atoms with van der Waals surface area (Å²) in [4.78, 5) is 22.7. The molecule has 0 saturated heterocycles. The maximum atomic E-state index is 11.5. The first-order chi connectivity index (χ1) is 7.78. The molecule has 0 bridgehead atoms. The van der Waals surface area contributed by atoms with Crippen molar-refractivity contribution in [3.05, 3.63) is 16.3 Å². The zero-order valence-corrected chi connectivity index (χ0v) is 10.8. The highest BCUT2D eigenvalue weighted by molar-refractivity contribution is 7.10. The molecule has 0 fully saturated rings. The van der Waals surface area contributed by atoms with Crippen molar-refractivity contribution in [1.82, 2.24) is 0 Å². The van der Waals surface area contributed by atoms with Crippen molar-refractivity contribution in [3.63, 3.8) is 0 Å². The summed E-state index contributed by atoms with van der Waals surface area (Å²) in [6.07, 6.45) is -0.689. The minimum atomic E-state index is -0.931. The lowest BCUT2D eigenvalue weighted by molar-refractivity contribution is -0.136. The van der Waals surface area contributed by atoms with Crippen molar-refractivity contribution in [3.8, 4) is 0 Å². The van der Waals surface area contributed by atoms with Gasteiger partial charge in [-0.2, -0.15) is 0 Å². The molecule has 0 aliphatic heterocycles. The summed E-state index contributed by atoms with van der Waals surface area (Å²) in [5.41, 5.74) is -0.0841. The lowest BCUT2D eigenvalue weighted by Crippen LogP contribution is -2.27. The van der Waals surface area contributed by atoms with E-state index in [1.54, 1.807) is 32.2 Å². The van der Waals surface area contributed by atoms with E-state index in [0.29, 0.717) is 10.6 Å². The molecule has 0 saturated carbocycles. The third-order valence-corrected chi connectivity index (χ3v) is 2.61. The molecule has 1 heterocycles. The van der Waals surface area contributed by atoms with Crippen molar-refractivity contribution in [1.29, 1.82) is 0 Å². The molecule has 0 aliphatic carbocycles. The van der Waals surface area contributed by atoms with Crippen LogP contribution in [0.25, 0.3) is 0 Å². The summed E-state index contributed by atoms with van der Waals surface area (Å²) < 4.78 is 5.08. The van der Waals surface area contributed by atoms with Gasteiger partial charge in [-0.05, 0) is 32.2 Å². The molecule has 0 atom stereocenters. The van der Waals surface area contributed by atoms with E-state index >= 15 is 0 Å². The van der Waals surface area contributed by atoms with E-state index in [0.717, 1.165) is 0 Å². The molecule has 1 amide bonds. The zero-order valence-electron chi connectivity index (χ0n) is 9.94. The van der Waals surface area contributed by atoms with Gasteiger partial charge in [0.05, 0.1) is 12.1 Å². The Balaban J connectivity index is 2.65. The Labute approximate surface area is 103 Å². The van der Waals surface area contributed by atoms with Crippen LogP contribution < -0.4 is 5.32 Å². The van der Waals surface area contributed by atoms with Gasteiger partial charge in [-0.15, -0.1) is 11.3 Å². The van der Waals surface area contributed by atoms with E-state index in [1.807, 2.05) is 0 Å². The second-order valence-electron chi connectivity index (χ2n) is 4.45. The average molecular weight is 257 g/mol. The number of rotatable bonds is 3. The predicted octanol–water partition coefficient (Wildman–Crippen LogP) is 2.72. The van der Waals surface area contributed by atoms with Crippen molar-refractivity contribution in [2.45, 2.75) is 32.8 Å². The first-order valence-electron chi connectivity index (χ1n) is 5.06. The second kappa shape index (κ2) is 5.18. The molecular formula is C11H15NO4S.